The molecule has 0 fully saturated rings. The highest BCUT2D eigenvalue weighted by Gasteiger charge is 2.26. The second-order valence-corrected chi connectivity index (χ2v) is 4.92. The van der Waals surface area contributed by atoms with Gasteiger partial charge in [0.2, 0.25) is 0 Å². The summed E-state index contributed by atoms with van der Waals surface area (Å²) in [6.07, 6.45) is -4.82. The lowest BCUT2D eigenvalue weighted by atomic mass is 10.2. The van der Waals surface area contributed by atoms with Crippen LogP contribution < -0.4 is 10.1 Å². The number of fused-ring (bicyclic) bond motifs is 1. The van der Waals surface area contributed by atoms with Crippen LogP contribution in [0.1, 0.15) is 31.6 Å². The summed E-state index contributed by atoms with van der Waals surface area (Å²) in [4.78, 5) is 0. The Morgan fingerprint density at radius 2 is 2.10 bits per heavy atom. The number of alkyl halides is 3. The lowest BCUT2D eigenvalue weighted by Crippen LogP contribution is -2.21. The third-order valence-electron chi connectivity index (χ3n) is 3.26. The Morgan fingerprint density at radius 1 is 1.33 bits per heavy atom. The summed E-state index contributed by atoms with van der Waals surface area (Å²) in [7, 11) is 1.57. The molecule has 6 heteroatoms. The van der Waals surface area contributed by atoms with Crippen LogP contribution in [0.2, 0.25) is 0 Å². The largest absolute Gasteiger partial charge is 0.493 e. The molecule has 3 nitrogen and oxygen atoms in total. The predicted octanol–water partition coefficient (Wildman–Crippen LogP) is 4.43. The minimum absolute atomic E-state index is 0.0530. The molecular weight excluding hydrogens is 283 g/mol. The summed E-state index contributed by atoms with van der Waals surface area (Å²) < 4.78 is 47.2. The van der Waals surface area contributed by atoms with Crippen molar-refractivity contribution in [2.75, 3.05) is 13.7 Å². The van der Waals surface area contributed by atoms with Gasteiger partial charge in [-0.25, -0.2) is 0 Å². The molecule has 0 radical (unpaired) electrons. The first kappa shape index (κ1) is 15.7. The van der Waals surface area contributed by atoms with Gasteiger partial charge in [-0.3, -0.25) is 0 Å². The molecule has 2 aromatic rings. The molecule has 0 aliphatic heterocycles. The van der Waals surface area contributed by atoms with Crippen LogP contribution in [0.15, 0.2) is 28.7 Å². The zero-order valence-electron chi connectivity index (χ0n) is 12.0. The molecule has 0 saturated carbocycles. The molecule has 21 heavy (non-hydrogen) atoms. The summed E-state index contributed by atoms with van der Waals surface area (Å²) in [6, 6.07) is 7.29. The Hall–Kier alpha value is -1.69. The zero-order chi connectivity index (χ0) is 15.5. The minimum Gasteiger partial charge on any atom is -0.493 e. The average Bonchev–Trinajstić information content (AvgIpc) is 2.86. The number of ether oxygens (including phenoxy) is 1. The van der Waals surface area contributed by atoms with E-state index in [1.165, 1.54) is 0 Å². The van der Waals surface area contributed by atoms with Crippen LogP contribution >= 0.6 is 0 Å². The van der Waals surface area contributed by atoms with Crippen LogP contribution in [0.3, 0.4) is 0 Å². The summed E-state index contributed by atoms with van der Waals surface area (Å²) >= 11 is 0. The van der Waals surface area contributed by atoms with Gasteiger partial charge in [0.15, 0.2) is 11.3 Å². The standard InChI is InChI=1S/C15H18F3NO2/c1-10(19-8-4-7-15(16,17)18)13-9-11-5-3-6-12(20-2)14(11)21-13/h3,5-6,9-10,19H,4,7-8H2,1-2H3. The normalized spacial score (nSPS) is 13.6. The summed E-state index contributed by atoms with van der Waals surface area (Å²) in [5.74, 6) is 1.32. The number of rotatable bonds is 6. The van der Waals surface area contributed by atoms with Gasteiger partial charge < -0.3 is 14.5 Å². The monoisotopic (exact) mass is 301 g/mol. The maximum atomic E-state index is 12.1. The molecule has 2 rings (SSSR count). The fourth-order valence-electron chi connectivity index (χ4n) is 2.14. The van der Waals surface area contributed by atoms with Crippen molar-refractivity contribution in [2.45, 2.75) is 32.0 Å². The van der Waals surface area contributed by atoms with Gasteiger partial charge in [-0.1, -0.05) is 12.1 Å². The first-order chi connectivity index (χ1) is 9.90. The van der Waals surface area contributed by atoms with E-state index in [0.717, 1.165) is 5.39 Å². The third-order valence-corrected chi connectivity index (χ3v) is 3.26. The maximum absolute atomic E-state index is 12.1. The quantitative estimate of drug-likeness (QED) is 0.801. The Labute approximate surface area is 121 Å². The van der Waals surface area contributed by atoms with Crippen molar-refractivity contribution in [2.24, 2.45) is 0 Å². The first-order valence-electron chi connectivity index (χ1n) is 6.77. The van der Waals surface area contributed by atoms with Crippen LogP contribution in [0.4, 0.5) is 13.2 Å². The number of nitrogens with one attached hydrogen (secondary N) is 1. The number of furan rings is 1. The second kappa shape index (κ2) is 6.39. The average molecular weight is 301 g/mol. The number of hydrogen-bond acceptors (Lipinski definition) is 3. The van der Waals surface area contributed by atoms with Gasteiger partial charge in [0.05, 0.1) is 13.2 Å². The van der Waals surface area contributed by atoms with E-state index in [4.69, 9.17) is 9.15 Å². The summed E-state index contributed by atoms with van der Waals surface area (Å²) in [5, 5.41) is 3.95. The highest BCUT2D eigenvalue weighted by molar-refractivity contribution is 5.83. The first-order valence-corrected chi connectivity index (χ1v) is 6.77. The van der Waals surface area contributed by atoms with Gasteiger partial charge in [-0.15, -0.1) is 0 Å². The van der Waals surface area contributed by atoms with Crippen molar-refractivity contribution in [3.05, 3.63) is 30.0 Å². The molecule has 0 bridgehead atoms. The molecule has 0 aliphatic carbocycles. The van der Waals surface area contributed by atoms with Gasteiger partial charge in [0.25, 0.3) is 0 Å². The van der Waals surface area contributed by atoms with Gasteiger partial charge in [-0.2, -0.15) is 13.2 Å². The molecule has 0 saturated heterocycles. The van der Waals surface area contributed by atoms with E-state index in [1.807, 2.05) is 25.1 Å². The molecule has 1 unspecified atom stereocenters. The lowest BCUT2D eigenvalue weighted by molar-refractivity contribution is -0.135. The fraction of sp³-hybridized carbons (Fsp3) is 0.467. The lowest BCUT2D eigenvalue weighted by Gasteiger charge is -2.12. The van der Waals surface area contributed by atoms with Gasteiger partial charge >= 0.3 is 6.18 Å². The summed E-state index contributed by atoms with van der Waals surface area (Å²) in [6.45, 7) is 2.15. The van der Waals surface area contributed by atoms with E-state index >= 15 is 0 Å². The predicted molar refractivity (Wildman–Crippen MR) is 74.5 cm³/mol. The van der Waals surface area contributed by atoms with Crippen LogP contribution in [0.5, 0.6) is 5.75 Å². The molecular formula is C15H18F3NO2. The topological polar surface area (TPSA) is 34.4 Å². The SMILES string of the molecule is COc1cccc2cc(C(C)NCCCC(F)(F)F)oc12. The Morgan fingerprint density at radius 3 is 2.76 bits per heavy atom. The number of benzene rings is 1. The molecule has 1 aromatic carbocycles. The van der Waals surface area contributed by atoms with Crippen LogP contribution in [0.25, 0.3) is 11.0 Å². The van der Waals surface area contributed by atoms with Crippen molar-refractivity contribution in [1.82, 2.24) is 5.32 Å². The molecule has 116 valence electrons. The number of para-hydroxylation sites is 1. The van der Waals surface area contributed by atoms with Crippen molar-refractivity contribution in [3.8, 4) is 5.75 Å². The van der Waals surface area contributed by atoms with E-state index in [2.05, 4.69) is 5.32 Å². The van der Waals surface area contributed by atoms with Crippen LogP contribution in [0, 0.1) is 0 Å². The zero-order valence-corrected chi connectivity index (χ0v) is 12.0. The number of methoxy groups -OCH3 is 1. The van der Waals surface area contributed by atoms with E-state index in [0.29, 0.717) is 17.1 Å². The molecule has 0 amide bonds. The Kier molecular flexibility index (Phi) is 4.77. The van der Waals surface area contributed by atoms with Crippen molar-refractivity contribution in [3.63, 3.8) is 0 Å². The van der Waals surface area contributed by atoms with E-state index in [9.17, 15) is 13.2 Å². The smallest absolute Gasteiger partial charge is 0.389 e. The molecule has 1 aromatic heterocycles. The number of hydrogen-bond donors (Lipinski definition) is 1. The molecule has 1 N–H and O–H groups in total. The van der Waals surface area contributed by atoms with E-state index in [1.54, 1.807) is 13.2 Å². The molecule has 1 atom stereocenters. The van der Waals surface area contributed by atoms with Crippen molar-refractivity contribution in [1.29, 1.82) is 0 Å². The molecule has 0 aliphatic rings. The molecule has 1 heterocycles. The van der Waals surface area contributed by atoms with Gasteiger partial charge in [-0.05, 0) is 32.0 Å². The van der Waals surface area contributed by atoms with Crippen molar-refractivity contribution >= 4 is 11.0 Å². The van der Waals surface area contributed by atoms with E-state index < -0.39 is 12.6 Å². The minimum atomic E-state index is -4.10. The maximum Gasteiger partial charge on any atom is 0.389 e. The van der Waals surface area contributed by atoms with Crippen LogP contribution in [-0.4, -0.2) is 19.8 Å². The Bertz CT molecular complexity index is 592. The fourth-order valence-corrected chi connectivity index (χ4v) is 2.14. The van der Waals surface area contributed by atoms with Crippen LogP contribution in [-0.2, 0) is 0 Å². The Balaban J connectivity index is 1.98. The van der Waals surface area contributed by atoms with E-state index in [-0.39, 0.29) is 19.0 Å². The highest BCUT2D eigenvalue weighted by atomic mass is 19.4. The van der Waals surface area contributed by atoms with Gasteiger partial charge in [0.1, 0.15) is 5.76 Å². The van der Waals surface area contributed by atoms with Gasteiger partial charge in [0, 0.05) is 11.8 Å². The second-order valence-electron chi connectivity index (χ2n) is 4.92. The summed E-state index contributed by atoms with van der Waals surface area (Å²) in [5.41, 5.74) is 0.652. The highest BCUT2D eigenvalue weighted by Crippen LogP contribution is 2.30. The number of halogens is 3. The van der Waals surface area contributed by atoms with Crippen molar-refractivity contribution < 1.29 is 22.3 Å². The third kappa shape index (κ3) is 4.14. The molecule has 0 spiro atoms.